The Morgan fingerprint density at radius 3 is 2.28 bits per heavy atom. The summed E-state index contributed by atoms with van der Waals surface area (Å²) in [4.78, 5) is 22.3. The molecular formula is C10H20N2O5S. The normalized spacial score (nSPS) is 14.6. The average Bonchev–Trinajstić information content (AvgIpc) is 2.22. The predicted octanol–water partition coefficient (Wildman–Crippen LogP) is -0.170. The topological polar surface area (TPSA) is 113 Å². The van der Waals surface area contributed by atoms with Crippen molar-refractivity contribution in [3.8, 4) is 0 Å². The number of nitrogens with one attached hydrogen (secondary N) is 2. The summed E-state index contributed by atoms with van der Waals surface area (Å²) in [5, 5.41) is 13.6. The fourth-order valence-corrected chi connectivity index (χ4v) is 1.70. The maximum Gasteiger partial charge on any atom is 0.326 e. The smallest absolute Gasteiger partial charge is 0.326 e. The summed E-state index contributed by atoms with van der Waals surface area (Å²) < 4.78 is 21.7. The van der Waals surface area contributed by atoms with Gasteiger partial charge in [0.15, 0.2) is 0 Å². The first-order valence-corrected chi connectivity index (χ1v) is 7.68. The molecule has 0 aromatic carbocycles. The van der Waals surface area contributed by atoms with Crippen molar-refractivity contribution in [2.24, 2.45) is 5.92 Å². The predicted molar refractivity (Wildman–Crippen MR) is 67.1 cm³/mol. The number of aliphatic carboxylic acids is 1. The van der Waals surface area contributed by atoms with E-state index in [0.29, 0.717) is 6.42 Å². The van der Waals surface area contributed by atoms with Gasteiger partial charge in [0.1, 0.15) is 15.9 Å². The Morgan fingerprint density at radius 1 is 1.33 bits per heavy atom. The lowest BCUT2D eigenvalue weighted by atomic mass is 9.99. The van der Waals surface area contributed by atoms with Gasteiger partial charge in [-0.25, -0.2) is 18.0 Å². The quantitative estimate of drug-likeness (QED) is 0.599. The van der Waals surface area contributed by atoms with E-state index in [9.17, 15) is 18.0 Å². The summed E-state index contributed by atoms with van der Waals surface area (Å²) in [5.41, 5.74) is 0. The number of sulfone groups is 1. The molecule has 0 aliphatic carbocycles. The number of amides is 2. The molecule has 0 unspecified atom stereocenters. The van der Waals surface area contributed by atoms with Gasteiger partial charge in [-0.05, 0) is 5.92 Å². The summed E-state index contributed by atoms with van der Waals surface area (Å²) in [6.45, 7) is 3.50. The van der Waals surface area contributed by atoms with Gasteiger partial charge in [-0.1, -0.05) is 20.3 Å². The summed E-state index contributed by atoms with van der Waals surface area (Å²) >= 11 is 0. The van der Waals surface area contributed by atoms with E-state index < -0.39 is 27.9 Å². The number of rotatable bonds is 7. The number of hydrogen-bond donors (Lipinski definition) is 3. The molecule has 0 radical (unpaired) electrons. The lowest BCUT2D eigenvalue weighted by Crippen LogP contribution is -2.49. The fraction of sp³-hybridized carbons (Fsp3) is 0.800. The minimum absolute atomic E-state index is 0.0441. The third kappa shape index (κ3) is 7.10. The lowest BCUT2D eigenvalue weighted by molar-refractivity contribution is -0.140. The van der Waals surface area contributed by atoms with E-state index in [1.165, 1.54) is 0 Å². The number of carboxylic acid groups (broad SMARTS) is 1. The van der Waals surface area contributed by atoms with Crippen LogP contribution in [0.25, 0.3) is 0 Å². The molecule has 8 heteroatoms. The van der Waals surface area contributed by atoms with Crippen LogP contribution in [0.5, 0.6) is 0 Å². The number of urea groups is 1. The highest BCUT2D eigenvalue weighted by Gasteiger charge is 2.25. The Kier molecular flexibility index (Phi) is 6.67. The Labute approximate surface area is 107 Å². The van der Waals surface area contributed by atoms with E-state index in [2.05, 4.69) is 10.6 Å². The second-order valence-electron chi connectivity index (χ2n) is 4.23. The Morgan fingerprint density at radius 2 is 1.89 bits per heavy atom. The monoisotopic (exact) mass is 280 g/mol. The SMILES string of the molecule is CC[C@H](C)[C@H](NC(=O)NCCS(C)(=O)=O)C(=O)O. The van der Waals surface area contributed by atoms with Crippen LogP contribution in [-0.4, -0.2) is 50.1 Å². The van der Waals surface area contributed by atoms with Gasteiger partial charge in [-0.2, -0.15) is 0 Å². The van der Waals surface area contributed by atoms with Crippen molar-refractivity contribution in [1.82, 2.24) is 10.6 Å². The molecule has 2 atom stereocenters. The van der Waals surface area contributed by atoms with Gasteiger partial charge in [0.2, 0.25) is 0 Å². The van der Waals surface area contributed by atoms with E-state index in [4.69, 9.17) is 5.11 Å². The Hall–Kier alpha value is -1.31. The minimum Gasteiger partial charge on any atom is -0.480 e. The third-order valence-electron chi connectivity index (χ3n) is 2.52. The van der Waals surface area contributed by atoms with Crippen molar-refractivity contribution in [1.29, 1.82) is 0 Å². The van der Waals surface area contributed by atoms with Crippen LogP contribution in [0.15, 0.2) is 0 Å². The zero-order valence-electron chi connectivity index (χ0n) is 10.8. The molecule has 0 aliphatic rings. The van der Waals surface area contributed by atoms with E-state index in [0.717, 1.165) is 6.26 Å². The number of carbonyl (C=O) groups excluding carboxylic acids is 1. The van der Waals surface area contributed by atoms with Crippen LogP contribution >= 0.6 is 0 Å². The second-order valence-corrected chi connectivity index (χ2v) is 6.49. The first-order valence-electron chi connectivity index (χ1n) is 5.62. The molecule has 0 aliphatic heterocycles. The van der Waals surface area contributed by atoms with Crippen LogP contribution in [0.2, 0.25) is 0 Å². The Bertz CT molecular complexity index is 393. The zero-order valence-corrected chi connectivity index (χ0v) is 11.6. The highest BCUT2D eigenvalue weighted by atomic mass is 32.2. The molecule has 7 nitrogen and oxygen atoms in total. The molecule has 0 saturated carbocycles. The summed E-state index contributed by atoms with van der Waals surface area (Å²) in [7, 11) is -3.14. The zero-order chi connectivity index (χ0) is 14.3. The Balaban J connectivity index is 4.23. The van der Waals surface area contributed by atoms with E-state index >= 15 is 0 Å². The molecule has 0 spiro atoms. The van der Waals surface area contributed by atoms with Crippen LogP contribution < -0.4 is 10.6 Å². The number of hydrogen-bond acceptors (Lipinski definition) is 4. The van der Waals surface area contributed by atoms with Crippen LogP contribution in [-0.2, 0) is 14.6 Å². The van der Waals surface area contributed by atoms with E-state index in [-0.39, 0.29) is 18.2 Å². The van der Waals surface area contributed by atoms with Crippen molar-refractivity contribution < 1.29 is 23.1 Å². The van der Waals surface area contributed by atoms with Crippen molar-refractivity contribution in [3.63, 3.8) is 0 Å². The van der Waals surface area contributed by atoms with Gasteiger partial charge in [0.25, 0.3) is 0 Å². The standard InChI is InChI=1S/C10H20N2O5S/c1-4-7(2)8(9(13)14)12-10(15)11-5-6-18(3,16)17/h7-8H,4-6H2,1-3H3,(H,13,14)(H2,11,12,15)/t7-,8-/m0/s1. The van der Waals surface area contributed by atoms with Crippen LogP contribution in [0.3, 0.4) is 0 Å². The van der Waals surface area contributed by atoms with Crippen molar-refractivity contribution in [2.45, 2.75) is 26.3 Å². The van der Waals surface area contributed by atoms with Gasteiger partial charge < -0.3 is 15.7 Å². The average molecular weight is 280 g/mol. The van der Waals surface area contributed by atoms with Crippen LogP contribution in [0.4, 0.5) is 4.79 Å². The molecule has 0 heterocycles. The number of carboxylic acids is 1. The molecule has 0 fully saturated rings. The molecule has 2 amide bonds. The van der Waals surface area contributed by atoms with Gasteiger partial charge in [-0.3, -0.25) is 0 Å². The molecule has 0 aromatic rings. The minimum atomic E-state index is -3.14. The van der Waals surface area contributed by atoms with Gasteiger partial charge in [0, 0.05) is 12.8 Å². The van der Waals surface area contributed by atoms with Crippen molar-refractivity contribution in [3.05, 3.63) is 0 Å². The molecule has 3 N–H and O–H groups in total. The lowest BCUT2D eigenvalue weighted by Gasteiger charge is -2.20. The number of carbonyl (C=O) groups is 2. The third-order valence-corrected chi connectivity index (χ3v) is 3.47. The first kappa shape index (κ1) is 16.7. The highest BCUT2D eigenvalue weighted by Crippen LogP contribution is 2.07. The first-order chi connectivity index (χ1) is 8.17. The van der Waals surface area contributed by atoms with Crippen molar-refractivity contribution in [2.75, 3.05) is 18.6 Å². The maximum absolute atomic E-state index is 11.4. The van der Waals surface area contributed by atoms with E-state index in [1.807, 2.05) is 6.92 Å². The maximum atomic E-state index is 11.4. The summed E-state index contributed by atoms with van der Waals surface area (Å²) in [6, 6.07) is -1.65. The second kappa shape index (κ2) is 7.20. The molecular weight excluding hydrogens is 260 g/mol. The van der Waals surface area contributed by atoms with Gasteiger partial charge >= 0.3 is 12.0 Å². The summed E-state index contributed by atoms with van der Waals surface area (Å²) in [6.07, 6.45) is 1.67. The molecule has 106 valence electrons. The highest BCUT2D eigenvalue weighted by molar-refractivity contribution is 7.90. The largest absolute Gasteiger partial charge is 0.480 e. The van der Waals surface area contributed by atoms with Crippen LogP contribution in [0.1, 0.15) is 20.3 Å². The molecule has 0 bridgehead atoms. The summed E-state index contributed by atoms with van der Waals surface area (Å²) in [5.74, 6) is -1.49. The van der Waals surface area contributed by atoms with Crippen LogP contribution in [0, 0.1) is 5.92 Å². The molecule has 18 heavy (non-hydrogen) atoms. The fourth-order valence-electron chi connectivity index (χ4n) is 1.23. The molecule has 0 aromatic heterocycles. The molecule has 0 rings (SSSR count). The van der Waals surface area contributed by atoms with Crippen molar-refractivity contribution >= 4 is 21.8 Å². The van der Waals surface area contributed by atoms with Gasteiger partial charge in [0.05, 0.1) is 5.75 Å². The molecule has 0 saturated heterocycles. The van der Waals surface area contributed by atoms with E-state index in [1.54, 1.807) is 6.92 Å². The van der Waals surface area contributed by atoms with Gasteiger partial charge in [-0.15, -0.1) is 0 Å².